The van der Waals surface area contributed by atoms with Crippen molar-refractivity contribution < 1.29 is 9.90 Å². The molecule has 4 aliphatic carbocycles. The summed E-state index contributed by atoms with van der Waals surface area (Å²) >= 11 is 0. The van der Waals surface area contributed by atoms with Crippen LogP contribution in [0.25, 0.3) is 23.5 Å². The molecule has 36 heavy (non-hydrogen) atoms. The predicted molar refractivity (Wildman–Crippen MR) is 145 cm³/mol. The van der Waals surface area contributed by atoms with Crippen molar-refractivity contribution in [2.24, 2.45) is 30.2 Å². The maximum absolute atomic E-state index is 11.4. The Morgan fingerprint density at radius 1 is 1.03 bits per heavy atom. The Kier molecular flexibility index (Phi) is 5.86. The third-order valence-corrected chi connectivity index (χ3v) is 9.23. The molecule has 4 bridgehead atoms. The summed E-state index contributed by atoms with van der Waals surface area (Å²) in [5, 5.41) is 9.39. The Hall–Kier alpha value is -3.14. The van der Waals surface area contributed by atoms with Gasteiger partial charge in [-0.05, 0) is 111 Å². The van der Waals surface area contributed by atoms with E-state index in [1.807, 2.05) is 12.1 Å². The van der Waals surface area contributed by atoms with E-state index in [1.54, 1.807) is 18.2 Å². The van der Waals surface area contributed by atoms with Gasteiger partial charge in [0.1, 0.15) is 5.82 Å². The molecule has 0 radical (unpaired) electrons. The second kappa shape index (κ2) is 9.06. The number of benzene rings is 2. The molecule has 186 valence electrons. The van der Waals surface area contributed by atoms with Gasteiger partial charge < -0.3 is 9.67 Å². The van der Waals surface area contributed by atoms with E-state index in [0.29, 0.717) is 11.0 Å². The molecule has 0 atom stereocenters. The summed E-state index contributed by atoms with van der Waals surface area (Å²) in [4.78, 5) is 16.7. The van der Waals surface area contributed by atoms with E-state index >= 15 is 0 Å². The summed E-state index contributed by atoms with van der Waals surface area (Å²) in [6.07, 6.45) is 15.1. The van der Waals surface area contributed by atoms with Gasteiger partial charge in [0.05, 0.1) is 17.0 Å². The highest BCUT2D eigenvalue weighted by molar-refractivity contribution is 5.88. The molecule has 0 aliphatic heterocycles. The minimum absolute atomic E-state index is 0.310. The van der Waals surface area contributed by atoms with Gasteiger partial charge in [-0.25, -0.2) is 9.78 Å². The number of aromatic nitrogens is 2. The van der Waals surface area contributed by atoms with E-state index in [-0.39, 0.29) is 0 Å². The Morgan fingerprint density at radius 2 is 1.72 bits per heavy atom. The lowest BCUT2D eigenvalue weighted by atomic mass is 9.48. The van der Waals surface area contributed by atoms with Gasteiger partial charge in [0.2, 0.25) is 0 Å². The van der Waals surface area contributed by atoms with Crippen molar-refractivity contribution in [1.29, 1.82) is 0 Å². The highest BCUT2D eigenvalue weighted by atomic mass is 16.4. The molecule has 4 aliphatic rings. The summed E-state index contributed by atoms with van der Waals surface area (Å²) in [7, 11) is 2.11. The van der Waals surface area contributed by atoms with Crippen LogP contribution in [0, 0.1) is 30.1 Å². The summed E-state index contributed by atoms with van der Waals surface area (Å²) < 4.78 is 2.22. The Morgan fingerprint density at radius 3 is 2.39 bits per heavy atom. The van der Waals surface area contributed by atoms with Crippen molar-refractivity contribution in [3.63, 3.8) is 0 Å². The summed E-state index contributed by atoms with van der Waals surface area (Å²) in [6.45, 7) is 2.14. The Balaban J connectivity index is 1.33. The fraction of sp³-hybridized carbons (Fsp3) is 0.438. The minimum atomic E-state index is -0.899. The number of rotatable bonds is 7. The van der Waals surface area contributed by atoms with E-state index in [1.165, 1.54) is 56.1 Å². The van der Waals surface area contributed by atoms with Crippen LogP contribution in [0.15, 0.2) is 48.5 Å². The minimum Gasteiger partial charge on any atom is -0.478 e. The highest BCUT2D eigenvalue weighted by Crippen LogP contribution is 2.61. The third kappa shape index (κ3) is 4.31. The Labute approximate surface area is 214 Å². The van der Waals surface area contributed by atoms with Crippen LogP contribution in [-0.4, -0.2) is 20.6 Å². The molecular weight excluding hydrogens is 444 g/mol. The van der Waals surface area contributed by atoms with Crippen LogP contribution in [0.2, 0.25) is 0 Å². The number of nitrogens with zero attached hydrogens (tertiary/aromatic N) is 2. The number of carboxylic acid groups (broad SMARTS) is 1. The van der Waals surface area contributed by atoms with Crippen LogP contribution in [0.5, 0.6) is 0 Å². The molecule has 1 aromatic heterocycles. The van der Waals surface area contributed by atoms with E-state index in [0.717, 1.165) is 47.0 Å². The molecule has 1 N–H and O–H groups in total. The van der Waals surface area contributed by atoms with Crippen molar-refractivity contribution in [2.45, 2.75) is 58.3 Å². The van der Waals surface area contributed by atoms with Gasteiger partial charge in [-0.3, -0.25) is 0 Å². The molecule has 7 rings (SSSR count). The van der Waals surface area contributed by atoms with Gasteiger partial charge in [0.25, 0.3) is 0 Å². The van der Waals surface area contributed by atoms with E-state index < -0.39 is 5.97 Å². The lowest BCUT2D eigenvalue weighted by molar-refractivity contribution is -0.0570. The molecule has 4 saturated carbocycles. The van der Waals surface area contributed by atoms with E-state index in [9.17, 15) is 9.90 Å². The van der Waals surface area contributed by atoms with E-state index in [2.05, 4.69) is 48.9 Å². The lowest BCUT2D eigenvalue weighted by Crippen LogP contribution is -2.46. The molecule has 4 nitrogen and oxygen atoms in total. The molecule has 0 spiro atoms. The van der Waals surface area contributed by atoms with Gasteiger partial charge in [-0.2, -0.15) is 0 Å². The lowest BCUT2D eigenvalue weighted by Gasteiger charge is -2.57. The van der Waals surface area contributed by atoms with Crippen LogP contribution in [-0.2, 0) is 13.5 Å². The summed E-state index contributed by atoms with van der Waals surface area (Å²) in [5.41, 5.74) is 6.40. The number of aryl methyl sites for hydroxylation is 2. The van der Waals surface area contributed by atoms with Crippen LogP contribution >= 0.6 is 0 Å². The SMILES string of the molecule is Cc1ccccc1-c1nc(CCC23CC4CC(CC(C4)C2)C3)c(/C=C/c2cccc(C(=O)O)c2)n1C. The summed E-state index contributed by atoms with van der Waals surface area (Å²) in [6, 6.07) is 15.6. The Bertz CT molecular complexity index is 1300. The molecular formula is C32H36N2O2. The van der Waals surface area contributed by atoms with Crippen LogP contribution in [0.3, 0.4) is 0 Å². The number of carboxylic acids is 1. The molecule has 1 heterocycles. The topological polar surface area (TPSA) is 55.1 Å². The monoisotopic (exact) mass is 480 g/mol. The van der Waals surface area contributed by atoms with Crippen molar-refractivity contribution in [3.05, 3.63) is 76.6 Å². The first-order chi connectivity index (χ1) is 17.4. The van der Waals surface area contributed by atoms with Crippen molar-refractivity contribution in [3.8, 4) is 11.4 Å². The molecule has 3 aromatic rings. The van der Waals surface area contributed by atoms with Gasteiger partial charge >= 0.3 is 5.97 Å². The first kappa shape index (κ1) is 23.3. The van der Waals surface area contributed by atoms with Crippen molar-refractivity contribution in [2.75, 3.05) is 0 Å². The van der Waals surface area contributed by atoms with Gasteiger partial charge in [0, 0.05) is 12.6 Å². The van der Waals surface area contributed by atoms with Gasteiger partial charge in [-0.1, -0.05) is 42.5 Å². The smallest absolute Gasteiger partial charge is 0.335 e. The number of hydrogen-bond donors (Lipinski definition) is 1. The number of hydrogen-bond acceptors (Lipinski definition) is 2. The van der Waals surface area contributed by atoms with Gasteiger partial charge in [0.15, 0.2) is 0 Å². The third-order valence-electron chi connectivity index (χ3n) is 9.23. The fourth-order valence-electron chi connectivity index (χ4n) is 7.95. The zero-order valence-electron chi connectivity index (χ0n) is 21.4. The maximum Gasteiger partial charge on any atom is 0.335 e. The van der Waals surface area contributed by atoms with E-state index in [4.69, 9.17) is 4.98 Å². The zero-order chi connectivity index (χ0) is 24.9. The quantitative estimate of drug-likeness (QED) is 0.383. The zero-order valence-corrected chi connectivity index (χ0v) is 21.4. The normalized spacial score (nSPS) is 26.7. The highest BCUT2D eigenvalue weighted by Gasteiger charge is 2.50. The maximum atomic E-state index is 11.4. The first-order valence-electron chi connectivity index (χ1n) is 13.5. The van der Waals surface area contributed by atoms with Crippen LogP contribution in [0.4, 0.5) is 0 Å². The average Bonchev–Trinajstić information content (AvgIpc) is 3.16. The molecule has 4 heteroatoms. The average molecular weight is 481 g/mol. The molecule has 0 unspecified atom stereocenters. The van der Waals surface area contributed by atoms with Crippen molar-refractivity contribution in [1.82, 2.24) is 9.55 Å². The molecule has 0 amide bonds. The first-order valence-corrected chi connectivity index (χ1v) is 13.5. The standard InChI is InChI=1S/C32H36N2O2/c1-21-6-3-4-9-27(21)30-33-28(12-13-32-18-23-14-24(19-32)16-25(15-23)20-32)29(34(30)2)11-10-22-7-5-8-26(17-22)31(35)36/h3-11,17,23-25H,12-16,18-20H2,1-2H3,(H,35,36)/b11-10+. The predicted octanol–water partition coefficient (Wildman–Crippen LogP) is 7.41. The fourth-order valence-corrected chi connectivity index (χ4v) is 7.95. The molecule has 2 aromatic carbocycles. The second-order valence-corrected chi connectivity index (χ2v) is 11.8. The van der Waals surface area contributed by atoms with Gasteiger partial charge in [-0.15, -0.1) is 0 Å². The molecule has 0 saturated heterocycles. The van der Waals surface area contributed by atoms with Crippen molar-refractivity contribution >= 4 is 18.1 Å². The summed E-state index contributed by atoms with van der Waals surface area (Å²) in [5.74, 6) is 2.99. The second-order valence-electron chi connectivity index (χ2n) is 11.8. The van der Waals surface area contributed by atoms with Crippen LogP contribution in [0.1, 0.15) is 77.8 Å². The van der Waals surface area contributed by atoms with Crippen LogP contribution < -0.4 is 0 Å². The number of aromatic carboxylic acids is 1. The largest absolute Gasteiger partial charge is 0.478 e. The number of carbonyl (C=O) groups is 1. The molecule has 4 fully saturated rings. The number of imidazole rings is 1.